The first kappa shape index (κ1) is 14.2. The highest BCUT2D eigenvalue weighted by Gasteiger charge is 2.27. The molecule has 0 unspecified atom stereocenters. The molecule has 104 valence electrons. The number of aromatic hydroxyl groups is 1. The molecule has 0 saturated heterocycles. The summed E-state index contributed by atoms with van der Waals surface area (Å²) in [5.74, 6) is 0.199. The van der Waals surface area contributed by atoms with E-state index in [0.717, 1.165) is 17.5 Å². The lowest BCUT2D eigenvalue weighted by Crippen LogP contribution is -2.40. The van der Waals surface area contributed by atoms with Crippen molar-refractivity contribution in [2.75, 3.05) is 6.54 Å². The Morgan fingerprint density at radius 1 is 1.42 bits per heavy atom. The fraction of sp³-hybridized carbons (Fsp3) is 0.500. The Hall–Kier alpha value is -1.23. The molecular formula is C14H18BrNO3. The van der Waals surface area contributed by atoms with Gasteiger partial charge in [0, 0.05) is 6.54 Å². The van der Waals surface area contributed by atoms with Gasteiger partial charge in [-0.15, -0.1) is 0 Å². The van der Waals surface area contributed by atoms with E-state index in [2.05, 4.69) is 15.9 Å². The van der Waals surface area contributed by atoms with Gasteiger partial charge < -0.3 is 14.7 Å². The normalized spacial score (nSPS) is 15.1. The van der Waals surface area contributed by atoms with E-state index in [1.165, 1.54) is 0 Å². The van der Waals surface area contributed by atoms with Crippen LogP contribution < -0.4 is 0 Å². The summed E-state index contributed by atoms with van der Waals surface area (Å²) in [4.78, 5) is 13.7. The summed E-state index contributed by atoms with van der Waals surface area (Å²) in [5.41, 5.74) is 1.62. The largest absolute Gasteiger partial charge is 0.507 e. The maximum Gasteiger partial charge on any atom is 0.410 e. The van der Waals surface area contributed by atoms with Gasteiger partial charge in [-0.3, -0.25) is 0 Å². The molecule has 1 aliphatic rings. The van der Waals surface area contributed by atoms with Gasteiger partial charge in [0.05, 0.1) is 11.0 Å². The fourth-order valence-electron chi connectivity index (χ4n) is 2.06. The number of benzene rings is 1. The summed E-state index contributed by atoms with van der Waals surface area (Å²) in [6, 6.07) is 3.58. The summed E-state index contributed by atoms with van der Waals surface area (Å²) in [5, 5.41) is 9.71. The number of fused-ring (bicyclic) bond motifs is 1. The second-order valence-corrected chi connectivity index (χ2v) is 6.48. The van der Waals surface area contributed by atoms with Gasteiger partial charge >= 0.3 is 6.09 Å². The molecule has 0 saturated carbocycles. The van der Waals surface area contributed by atoms with E-state index in [9.17, 15) is 9.90 Å². The first-order valence-electron chi connectivity index (χ1n) is 6.25. The van der Waals surface area contributed by atoms with Crippen LogP contribution in [0.4, 0.5) is 4.79 Å². The molecule has 1 amide bonds. The molecule has 1 aromatic rings. The molecule has 4 nitrogen and oxygen atoms in total. The smallest absolute Gasteiger partial charge is 0.410 e. The molecule has 5 heteroatoms. The van der Waals surface area contributed by atoms with Crippen LogP contribution in [0.2, 0.25) is 0 Å². The van der Waals surface area contributed by atoms with Crippen LogP contribution >= 0.6 is 15.9 Å². The standard InChI is InChI=1S/C14H18BrNO3/c1-14(2,3)19-13(18)16-7-6-9-4-5-11(17)12(15)10(9)8-16/h4-5,17H,6-8H2,1-3H3. The number of nitrogens with zero attached hydrogens (tertiary/aromatic N) is 1. The molecule has 1 heterocycles. The van der Waals surface area contributed by atoms with Crippen LogP contribution in [0.1, 0.15) is 31.9 Å². The number of carbonyl (C=O) groups is 1. The van der Waals surface area contributed by atoms with Crippen molar-refractivity contribution in [2.24, 2.45) is 0 Å². The number of amides is 1. The number of halogens is 1. The molecule has 1 N–H and O–H groups in total. The van der Waals surface area contributed by atoms with Gasteiger partial charge in [-0.1, -0.05) is 6.07 Å². The average molecular weight is 328 g/mol. The number of phenolic OH excluding ortho intramolecular Hbond substituents is 1. The number of phenols is 1. The highest BCUT2D eigenvalue weighted by atomic mass is 79.9. The maximum absolute atomic E-state index is 12.0. The van der Waals surface area contributed by atoms with Crippen molar-refractivity contribution in [3.8, 4) is 5.75 Å². The first-order chi connectivity index (χ1) is 8.78. The third-order valence-electron chi connectivity index (χ3n) is 2.97. The van der Waals surface area contributed by atoms with Gasteiger partial charge in [0.2, 0.25) is 0 Å². The van der Waals surface area contributed by atoms with Crippen LogP contribution in [0.3, 0.4) is 0 Å². The van der Waals surface area contributed by atoms with Crippen LogP contribution in [-0.4, -0.2) is 28.2 Å². The lowest BCUT2D eigenvalue weighted by molar-refractivity contribution is 0.0223. The minimum absolute atomic E-state index is 0.199. The number of ether oxygens (including phenoxy) is 1. The number of hydrogen-bond acceptors (Lipinski definition) is 3. The van der Waals surface area contributed by atoms with Crippen molar-refractivity contribution < 1.29 is 14.6 Å². The van der Waals surface area contributed by atoms with Crippen molar-refractivity contribution in [3.63, 3.8) is 0 Å². The fourth-order valence-corrected chi connectivity index (χ4v) is 2.57. The Kier molecular flexibility index (Phi) is 3.76. The summed E-state index contributed by atoms with van der Waals surface area (Å²) >= 11 is 3.38. The molecule has 0 fully saturated rings. The summed E-state index contributed by atoms with van der Waals surface area (Å²) in [6.07, 6.45) is 0.460. The third kappa shape index (κ3) is 3.21. The molecule has 19 heavy (non-hydrogen) atoms. The Morgan fingerprint density at radius 2 is 2.11 bits per heavy atom. The van der Waals surface area contributed by atoms with E-state index < -0.39 is 5.60 Å². The zero-order chi connectivity index (χ0) is 14.2. The Labute approximate surface area is 121 Å². The zero-order valence-electron chi connectivity index (χ0n) is 11.4. The number of carbonyl (C=O) groups excluding carboxylic acids is 1. The predicted octanol–water partition coefficient (Wildman–Crippen LogP) is 3.45. The van der Waals surface area contributed by atoms with Gasteiger partial charge in [-0.2, -0.15) is 0 Å². The summed E-state index contributed by atoms with van der Waals surface area (Å²) in [7, 11) is 0. The highest BCUT2D eigenvalue weighted by Crippen LogP contribution is 2.33. The van der Waals surface area contributed by atoms with Crippen molar-refractivity contribution >= 4 is 22.0 Å². The lowest BCUT2D eigenvalue weighted by Gasteiger charge is -2.31. The molecule has 1 aliphatic heterocycles. The maximum atomic E-state index is 12.0. The molecule has 0 aliphatic carbocycles. The van der Waals surface area contributed by atoms with Crippen LogP contribution in [0.5, 0.6) is 5.75 Å². The van der Waals surface area contributed by atoms with Crippen LogP contribution in [0.25, 0.3) is 0 Å². The zero-order valence-corrected chi connectivity index (χ0v) is 13.0. The average Bonchev–Trinajstić information content (AvgIpc) is 2.31. The second-order valence-electron chi connectivity index (χ2n) is 5.69. The Bertz CT molecular complexity index is 508. The van der Waals surface area contributed by atoms with Crippen molar-refractivity contribution in [1.29, 1.82) is 0 Å². The molecule has 1 aromatic carbocycles. The van der Waals surface area contributed by atoms with Gasteiger partial charge in [-0.05, 0) is 60.3 Å². The van der Waals surface area contributed by atoms with Crippen LogP contribution in [0.15, 0.2) is 16.6 Å². The topological polar surface area (TPSA) is 49.8 Å². The minimum Gasteiger partial charge on any atom is -0.507 e. The Morgan fingerprint density at radius 3 is 2.74 bits per heavy atom. The van der Waals surface area contributed by atoms with Gasteiger partial charge in [0.25, 0.3) is 0 Å². The first-order valence-corrected chi connectivity index (χ1v) is 7.04. The third-order valence-corrected chi connectivity index (χ3v) is 3.86. The molecule has 0 aromatic heterocycles. The van der Waals surface area contributed by atoms with Gasteiger partial charge in [0.1, 0.15) is 11.4 Å². The highest BCUT2D eigenvalue weighted by molar-refractivity contribution is 9.10. The number of hydrogen-bond donors (Lipinski definition) is 1. The predicted molar refractivity (Wildman–Crippen MR) is 76.2 cm³/mol. The van der Waals surface area contributed by atoms with Crippen molar-refractivity contribution in [2.45, 2.75) is 39.3 Å². The van der Waals surface area contributed by atoms with Crippen LogP contribution in [-0.2, 0) is 17.7 Å². The van der Waals surface area contributed by atoms with E-state index >= 15 is 0 Å². The van der Waals surface area contributed by atoms with Gasteiger partial charge in [0.15, 0.2) is 0 Å². The number of rotatable bonds is 0. The monoisotopic (exact) mass is 327 g/mol. The van der Waals surface area contributed by atoms with E-state index in [-0.39, 0.29) is 11.8 Å². The van der Waals surface area contributed by atoms with E-state index in [0.29, 0.717) is 17.6 Å². The van der Waals surface area contributed by atoms with Crippen molar-refractivity contribution in [1.82, 2.24) is 4.90 Å². The lowest BCUT2D eigenvalue weighted by atomic mass is 10.00. The molecule has 2 rings (SSSR count). The quantitative estimate of drug-likeness (QED) is 0.794. The second kappa shape index (κ2) is 5.04. The molecule has 0 spiro atoms. The molecule has 0 atom stereocenters. The van der Waals surface area contributed by atoms with E-state index in [4.69, 9.17) is 4.74 Å². The van der Waals surface area contributed by atoms with E-state index in [1.54, 1.807) is 11.0 Å². The summed E-state index contributed by atoms with van der Waals surface area (Å²) in [6.45, 7) is 6.65. The molecular weight excluding hydrogens is 310 g/mol. The summed E-state index contributed by atoms with van der Waals surface area (Å²) < 4.78 is 6.04. The molecule has 0 radical (unpaired) electrons. The molecule has 0 bridgehead atoms. The van der Waals surface area contributed by atoms with E-state index in [1.807, 2.05) is 26.8 Å². The SMILES string of the molecule is CC(C)(C)OC(=O)N1CCc2ccc(O)c(Br)c2C1. The Balaban J connectivity index is 2.18. The minimum atomic E-state index is -0.493. The van der Waals surface area contributed by atoms with Crippen LogP contribution in [0, 0.1) is 0 Å². The van der Waals surface area contributed by atoms with Gasteiger partial charge in [-0.25, -0.2) is 4.79 Å². The van der Waals surface area contributed by atoms with Crippen molar-refractivity contribution in [3.05, 3.63) is 27.7 Å².